The number of aryl methyl sites for hydroxylation is 1. The summed E-state index contributed by atoms with van der Waals surface area (Å²) in [5, 5.41) is 27.7. The normalized spacial score (nSPS) is 10.9. The first kappa shape index (κ1) is 21.7. The summed E-state index contributed by atoms with van der Waals surface area (Å²) >= 11 is 5.50. The zero-order valence-electron chi connectivity index (χ0n) is 17.8. The number of aromatic nitrogens is 3. The number of nitrogens with one attached hydrogen (secondary N) is 1. The van der Waals surface area contributed by atoms with Crippen LogP contribution in [0.3, 0.4) is 0 Å². The van der Waals surface area contributed by atoms with E-state index in [4.69, 9.17) is 17.0 Å². The molecule has 8 heteroatoms. The Kier molecular flexibility index (Phi) is 6.66. The predicted molar refractivity (Wildman–Crippen MR) is 122 cm³/mol. The van der Waals surface area contributed by atoms with Gasteiger partial charge in [-0.1, -0.05) is 13.8 Å². The van der Waals surface area contributed by atoms with Crippen molar-refractivity contribution in [3.63, 3.8) is 0 Å². The van der Waals surface area contributed by atoms with Crippen molar-refractivity contribution in [3.8, 4) is 34.3 Å². The maximum absolute atomic E-state index is 10.5. The second kappa shape index (κ2) is 9.21. The summed E-state index contributed by atoms with van der Waals surface area (Å²) in [6, 6.07) is 8.93. The van der Waals surface area contributed by atoms with Crippen LogP contribution < -0.4 is 9.64 Å². The Hall–Kier alpha value is -3.00. The number of benzene rings is 2. The summed E-state index contributed by atoms with van der Waals surface area (Å²) in [6.45, 7) is 7.93. The van der Waals surface area contributed by atoms with E-state index in [0.717, 1.165) is 42.2 Å². The Labute approximate surface area is 181 Å². The van der Waals surface area contributed by atoms with Gasteiger partial charge < -0.3 is 19.8 Å². The van der Waals surface area contributed by atoms with E-state index < -0.39 is 0 Å². The van der Waals surface area contributed by atoms with Crippen molar-refractivity contribution in [2.75, 3.05) is 25.1 Å². The zero-order valence-corrected chi connectivity index (χ0v) is 18.6. The molecule has 0 spiro atoms. The first-order chi connectivity index (χ1) is 14.4. The number of rotatable bonds is 8. The van der Waals surface area contributed by atoms with Crippen LogP contribution in [-0.2, 0) is 6.42 Å². The Morgan fingerprint density at radius 3 is 2.53 bits per heavy atom. The van der Waals surface area contributed by atoms with Crippen LogP contribution in [0.1, 0.15) is 32.8 Å². The summed E-state index contributed by atoms with van der Waals surface area (Å²) in [7, 11) is 1.66. The van der Waals surface area contributed by atoms with Gasteiger partial charge in [-0.2, -0.15) is 5.10 Å². The van der Waals surface area contributed by atoms with Crippen LogP contribution in [0.5, 0.6) is 17.2 Å². The molecule has 160 valence electrons. The van der Waals surface area contributed by atoms with Crippen molar-refractivity contribution in [3.05, 3.63) is 40.7 Å². The van der Waals surface area contributed by atoms with Gasteiger partial charge in [0.25, 0.3) is 0 Å². The molecular weight excluding hydrogens is 400 g/mol. The highest BCUT2D eigenvalue weighted by molar-refractivity contribution is 7.71. The molecule has 0 unspecified atom stereocenters. The lowest BCUT2D eigenvalue weighted by molar-refractivity contribution is 0.414. The van der Waals surface area contributed by atoms with Crippen LogP contribution in [0.2, 0.25) is 0 Å². The number of phenolic OH excluding ortho intramolecular Hbond substituents is 2. The van der Waals surface area contributed by atoms with Gasteiger partial charge in [0.05, 0.1) is 24.0 Å². The summed E-state index contributed by atoms with van der Waals surface area (Å²) in [5.74, 6) is 1.26. The summed E-state index contributed by atoms with van der Waals surface area (Å²) < 4.78 is 7.78. The van der Waals surface area contributed by atoms with E-state index in [9.17, 15) is 10.2 Å². The molecule has 0 saturated carbocycles. The van der Waals surface area contributed by atoms with Gasteiger partial charge in [-0.15, -0.1) is 0 Å². The van der Waals surface area contributed by atoms with E-state index in [-0.39, 0.29) is 11.5 Å². The molecule has 0 amide bonds. The maximum Gasteiger partial charge on any atom is 0.200 e. The largest absolute Gasteiger partial charge is 0.508 e. The monoisotopic (exact) mass is 428 g/mol. The lowest BCUT2D eigenvalue weighted by atomic mass is 10.1. The summed E-state index contributed by atoms with van der Waals surface area (Å²) in [5.41, 5.74) is 2.99. The van der Waals surface area contributed by atoms with Gasteiger partial charge in [0.15, 0.2) is 10.6 Å². The molecule has 0 bridgehead atoms. The molecule has 3 aromatic rings. The fraction of sp³-hybridized carbons (Fsp3) is 0.364. The Bertz CT molecular complexity index is 1090. The minimum atomic E-state index is -0.0603. The van der Waals surface area contributed by atoms with Gasteiger partial charge >= 0.3 is 0 Å². The smallest absolute Gasteiger partial charge is 0.200 e. The average Bonchev–Trinajstić information content (AvgIpc) is 3.12. The summed E-state index contributed by atoms with van der Waals surface area (Å²) in [6.07, 6.45) is 1.64. The van der Waals surface area contributed by atoms with Crippen molar-refractivity contribution in [2.45, 2.75) is 33.6 Å². The van der Waals surface area contributed by atoms with E-state index in [1.165, 1.54) is 6.07 Å². The molecule has 0 fully saturated rings. The number of phenols is 2. The lowest BCUT2D eigenvalue weighted by Gasteiger charge is -2.25. The van der Waals surface area contributed by atoms with E-state index in [1.807, 2.05) is 25.1 Å². The summed E-state index contributed by atoms with van der Waals surface area (Å²) in [4.78, 5) is 2.25. The molecule has 7 nitrogen and oxygen atoms in total. The van der Waals surface area contributed by atoms with Gasteiger partial charge in [-0.3, -0.25) is 9.67 Å². The molecule has 0 saturated heterocycles. The van der Waals surface area contributed by atoms with Crippen molar-refractivity contribution in [1.82, 2.24) is 14.8 Å². The number of nitrogens with zero attached hydrogens (tertiary/aromatic N) is 3. The Balaban J connectivity index is 2.20. The van der Waals surface area contributed by atoms with Gasteiger partial charge in [-0.05, 0) is 61.8 Å². The minimum Gasteiger partial charge on any atom is -0.508 e. The highest BCUT2D eigenvalue weighted by atomic mass is 32.1. The first-order valence-electron chi connectivity index (χ1n) is 10.1. The van der Waals surface area contributed by atoms with Crippen LogP contribution in [0, 0.1) is 4.77 Å². The first-order valence-corrected chi connectivity index (χ1v) is 10.5. The molecule has 0 aliphatic heterocycles. The highest BCUT2D eigenvalue weighted by Gasteiger charge is 2.19. The second-order valence-corrected chi connectivity index (χ2v) is 7.36. The van der Waals surface area contributed by atoms with E-state index in [1.54, 1.807) is 17.7 Å². The van der Waals surface area contributed by atoms with Crippen molar-refractivity contribution >= 4 is 17.9 Å². The van der Waals surface area contributed by atoms with E-state index in [2.05, 4.69) is 28.9 Å². The fourth-order valence-corrected chi connectivity index (χ4v) is 3.82. The number of methoxy groups -OCH3 is 1. The van der Waals surface area contributed by atoms with E-state index >= 15 is 0 Å². The molecule has 30 heavy (non-hydrogen) atoms. The number of ether oxygens (including phenoxy) is 1. The third kappa shape index (κ3) is 4.00. The van der Waals surface area contributed by atoms with Crippen LogP contribution in [0.4, 0.5) is 5.69 Å². The van der Waals surface area contributed by atoms with Crippen LogP contribution in [0.25, 0.3) is 17.1 Å². The number of aromatic amines is 1. The maximum atomic E-state index is 10.5. The fourth-order valence-electron chi connectivity index (χ4n) is 3.58. The highest BCUT2D eigenvalue weighted by Crippen LogP contribution is 2.37. The Morgan fingerprint density at radius 1 is 1.13 bits per heavy atom. The SMILES string of the molecule is CCCN(CC)c1cc(-n2c(-c3cc(CC)c(O)cc3O)n[nH]c2=S)ccc1OC. The number of hydrogen-bond donors (Lipinski definition) is 3. The van der Waals surface area contributed by atoms with Gasteiger partial charge in [0.2, 0.25) is 0 Å². The standard InChI is InChI=1S/C22H28N4O3S/c1-5-10-25(7-3)17-12-15(8-9-20(17)29-4)26-21(23-24-22(26)30)16-11-14(6-2)18(27)13-19(16)28/h8-9,11-13,27-28H,5-7,10H2,1-4H3,(H,24,30). The molecule has 1 heterocycles. The molecule has 0 atom stereocenters. The average molecular weight is 429 g/mol. The van der Waals surface area contributed by atoms with Crippen LogP contribution in [-0.4, -0.2) is 45.2 Å². The minimum absolute atomic E-state index is 0.0596. The van der Waals surface area contributed by atoms with Gasteiger partial charge in [0, 0.05) is 19.2 Å². The Morgan fingerprint density at radius 2 is 1.90 bits per heavy atom. The molecule has 1 aromatic heterocycles. The zero-order chi connectivity index (χ0) is 21.8. The number of aromatic hydroxyl groups is 2. The van der Waals surface area contributed by atoms with Crippen LogP contribution >= 0.6 is 12.2 Å². The molecule has 0 aliphatic rings. The topological polar surface area (TPSA) is 86.5 Å². The number of H-pyrrole nitrogens is 1. The molecule has 3 rings (SSSR count). The third-order valence-corrected chi connectivity index (χ3v) is 5.40. The predicted octanol–water partition coefficient (Wildman–Crippen LogP) is 4.82. The molecule has 2 aromatic carbocycles. The number of hydrogen-bond acceptors (Lipinski definition) is 6. The second-order valence-electron chi connectivity index (χ2n) is 6.98. The molecule has 0 aliphatic carbocycles. The van der Waals surface area contributed by atoms with Crippen molar-refractivity contribution in [2.24, 2.45) is 0 Å². The van der Waals surface area contributed by atoms with Crippen LogP contribution in [0.15, 0.2) is 30.3 Å². The number of anilines is 1. The van der Waals surface area contributed by atoms with E-state index in [0.29, 0.717) is 22.6 Å². The third-order valence-electron chi connectivity index (χ3n) is 5.13. The molecule has 0 radical (unpaired) electrons. The van der Waals surface area contributed by atoms with Gasteiger partial charge in [-0.25, -0.2) is 0 Å². The van der Waals surface area contributed by atoms with Crippen molar-refractivity contribution in [1.29, 1.82) is 0 Å². The quantitative estimate of drug-likeness (QED) is 0.446. The lowest BCUT2D eigenvalue weighted by Crippen LogP contribution is -2.24. The molecule has 3 N–H and O–H groups in total. The van der Waals surface area contributed by atoms with Crippen molar-refractivity contribution < 1.29 is 14.9 Å². The van der Waals surface area contributed by atoms with Gasteiger partial charge in [0.1, 0.15) is 17.2 Å². The molecular formula is C22H28N4O3S.